The Labute approximate surface area is 159 Å². The molecular formula is C19H30N2O6. The van der Waals surface area contributed by atoms with Crippen LogP contribution in [0.2, 0.25) is 0 Å². The minimum absolute atomic E-state index is 0.0505. The van der Waals surface area contributed by atoms with E-state index in [9.17, 15) is 14.4 Å². The van der Waals surface area contributed by atoms with Crippen molar-refractivity contribution in [2.24, 2.45) is 5.92 Å². The third kappa shape index (κ3) is 7.30. The highest BCUT2D eigenvalue weighted by atomic mass is 16.5. The minimum atomic E-state index is -0.421. The van der Waals surface area contributed by atoms with Crippen LogP contribution in [0.25, 0.3) is 0 Å². The molecule has 8 nitrogen and oxygen atoms in total. The second-order valence-electron chi connectivity index (χ2n) is 6.84. The van der Waals surface area contributed by atoms with E-state index in [1.807, 2.05) is 12.2 Å². The Morgan fingerprint density at radius 3 is 3.00 bits per heavy atom. The number of hydrogen-bond acceptors (Lipinski definition) is 6. The van der Waals surface area contributed by atoms with Crippen LogP contribution in [0.3, 0.4) is 0 Å². The van der Waals surface area contributed by atoms with E-state index in [0.717, 1.165) is 12.8 Å². The molecule has 27 heavy (non-hydrogen) atoms. The van der Waals surface area contributed by atoms with Crippen LogP contribution in [0.1, 0.15) is 38.5 Å². The molecule has 2 rings (SSSR count). The van der Waals surface area contributed by atoms with Crippen molar-refractivity contribution < 1.29 is 29.0 Å². The topological polar surface area (TPSA) is 105 Å². The summed E-state index contributed by atoms with van der Waals surface area (Å²) in [6.07, 6.45) is 6.93. The van der Waals surface area contributed by atoms with Gasteiger partial charge in [-0.05, 0) is 25.7 Å². The van der Waals surface area contributed by atoms with Gasteiger partial charge >= 0.3 is 5.97 Å². The van der Waals surface area contributed by atoms with E-state index in [0.29, 0.717) is 39.0 Å². The van der Waals surface area contributed by atoms with Gasteiger partial charge in [0.1, 0.15) is 6.61 Å². The molecule has 2 amide bonds. The van der Waals surface area contributed by atoms with Crippen LogP contribution in [-0.4, -0.2) is 73.3 Å². The van der Waals surface area contributed by atoms with E-state index in [-0.39, 0.29) is 50.1 Å². The van der Waals surface area contributed by atoms with Crippen LogP contribution in [-0.2, 0) is 23.9 Å². The van der Waals surface area contributed by atoms with Crippen molar-refractivity contribution in [3.05, 3.63) is 12.2 Å². The number of ether oxygens (including phenoxy) is 2. The molecule has 2 aliphatic heterocycles. The average Bonchev–Trinajstić information content (AvgIpc) is 3.12. The molecular weight excluding hydrogens is 352 g/mol. The molecule has 0 aliphatic carbocycles. The SMILES string of the molecule is O=C(CC1CC=CCCC(=O)OCC2CCCN2C1=O)NCCOCCO. The number of aliphatic hydroxyl groups excluding tert-OH is 1. The molecule has 0 aromatic carbocycles. The number of aliphatic hydroxyl groups is 1. The third-order valence-electron chi connectivity index (χ3n) is 4.78. The Kier molecular flexibility index (Phi) is 9.27. The van der Waals surface area contributed by atoms with E-state index in [1.54, 1.807) is 4.90 Å². The van der Waals surface area contributed by atoms with Crippen LogP contribution in [0.4, 0.5) is 0 Å². The molecule has 152 valence electrons. The molecule has 0 aromatic rings. The van der Waals surface area contributed by atoms with Crippen molar-refractivity contribution in [2.45, 2.75) is 44.6 Å². The Balaban J connectivity index is 1.94. The number of carbonyl (C=O) groups excluding carboxylic acids is 3. The molecule has 1 saturated heterocycles. The number of nitrogens with one attached hydrogen (secondary N) is 1. The zero-order valence-electron chi connectivity index (χ0n) is 15.7. The molecule has 8 heteroatoms. The van der Waals surface area contributed by atoms with Crippen molar-refractivity contribution in [1.29, 1.82) is 0 Å². The van der Waals surface area contributed by atoms with E-state index >= 15 is 0 Å². The van der Waals surface area contributed by atoms with E-state index in [4.69, 9.17) is 14.6 Å². The first-order valence-corrected chi connectivity index (χ1v) is 9.68. The van der Waals surface area contributed by atoms with Crippen molar-refractivity contribution in [3.63, 3.8) is 0 Å². The molecule has 2 aliphatic rings. The van der Waals surface area contributed by atoms with Gasteiger partial charge in [0, 0.05) is 25.9 Å². The van der Waals surface area contributed by atoms with Crippen molar-refractivity contribution in [2.75, 3.05) is 39.5 Å². The highest BCUT2D eigenvalue weighted by molar-refractivity contribution is 5.86. The first kappa shape index (κ1) is 21.4. The predicted octanol–water partition coefficient (Wildman–Crippen LogP) is 0.392. The number of carbonyl (C=O) groups is 3. The lowest BCUT2D eigenvalue weighted by molar-refractivity contribution is -0.148. The Bertz CT molecular complexity index is 536. The number of allylic oxidation sites excluding steroid dienone is 2. The fourth-order valence-corrected chi connectivity index (χ4v) is 3.37. The summed E-state index contributed by atoms with van der Waals surface area (Å²) in [4.78, 5) is 38.7. The maximum Gasteiger partial charge on any atom is 0.306 e. The highest BCUT2D eigenvalue weighted by Crippen LogP contribution is 2.24. The molecule has 0 aromatic heterocycles. The first-order chi connectivity index (χ1) is 13.1. The summed E-state index contributed by atoms with van der Waals surface area (Å²) < 4.78 is 10.4. The fourth-order valence-electron chi connectivity index (χ4n) is 3.37. The lowest BCUT2D eigenvalue weighted by atomic mass is 9.97. The lowest BCUT2D eigenvalue weighted by Gasteiger charge is -2.28. The minimum Gasteiger partial charge on any atom is -0.463 e. The van der Waals surface area contributed by atoms with Crippen LogP contribution in [0.5, 0.6) is 0 Å². The number of nitrogens with zero attached hydrogens (tertiary/aromatic N) is 1. The van der Waals surface area contributed by atoms with Crippen molar-refractivity contribution in [1.82, 2.24) is 10.2 Å². The van der Waals surface area contributed by atoms with Gasteiger partial charge in [0.25, 0.3) is 0 Å². The molecule has 2 heterocycles. The Morgan fingerprint density at radius 2 is 2.19 bits per heavy atom. The number of fused-ring (bicyclic) bond motifs is 1. The van der Waals surface area contributed by atoms with Gasteiger partial charge in [-0.2, -0.15) is 0 Å². The maximum absolute atomic E-state index is 13.0. The van der Waals surface area contributed by atoms with Crippen molar-refractivity contribution in [3.8, 4) is 0 Å². The van der Waals surface area contributed by atoms with Gasteiger partial charge < -0.3 is 24.8 Å². The normalized spacial score (nSPS) is 24.0. The number of cyclic esters (lactones) is 1. The number of esters is 1. The number of hydrogen-bond donors (Lipinski definition) is 2. The summed E-state index contributed by atoms with van der Waals surface area (Å²) >= 11 is 0. The summed E-state index contributed by atoms with van der Waals surface area (Å²) in [7, 11) is 0. The summed E-state index contributed by atoms with van der Waals surface area (Å²) in [5, 5.41) is 11.4. The van der Waals surface area contributed by atoms with Crippen molar-refractivity contribution >= 4 is 17.8 Å². The molecule has 0 spiro atoms. The average molecular weight is 382 g/mol. The van der Waals surface area contributed by atoms with Gasteiger partial charge in [0.2, 0.25) is 11.8 Å². The first-order valence-electron chi connectivity index (χ1n) is 9.68. The zero-order chi connectivity index (χ0) is 19.5. The van der Waals surface area contributed by atoms with Crippen LogP contribution in [0.15, 0.2) is 12.2 Å². The summed E-state index contributed by atoms with van der Waals surface area (Å²) in [5.41, 5.74) is 0. The van der Waals surface area contributed by atoms with Gasteiger partial charge in [-0.1, -0.05) is 12.2 Å². The van der Waals surface area contributed by atoms with Gasteiger partial charge in [0.15, 0.2) is 0 Å². The summed E-state index contributed by atoms with van der Waals surface area (Å²) in [6.45, 7) is 1.72. The molecule has 0 bridgehead atoms. The zero-order valence-corrected chi connectivity index (χ0v) is 15.7. The number of amides is 2. The predicted molar refractivity (Wildman–Crippen MR) is 97.7 cm³/mol. The summed E-state index contributed by atoms with van der Waals surface area (Å²) in [5.74, 6) is -0.900. The van der Waals surface area contributed by atoms with Crippen LogP contribution in [0, 0.1) is 5.92 Å². The fraction of sp³-hybridized carbons (Fsp3) is 0.737. The molecule has 0 saturated carbocycles. The molecule has 2 N–H and O–H groups in total. The maximum atomic E-state index is 13.0. The standard InChI is InChI=1S/C19H30N2O6/c22-10-12-26-11-8-20-17(23)13-15-5-2-1-3-7-18(24)27-14-16-6-4-9-21(16)19(15)25/h1-2,15-16,22H,3-14H2,(H,20,23). The molecule has 0 radical (unpaired) electrons. The molecule has 2 unspecified atom stereocenters. The quantitative estimate of drug-likeness (QED) is 0.375. The lowest BCUT2D eigenvalue weighted by Crippen LogP contribution is -2.43. The van der Waals surface area contributed by atoms with Gasteiger partial charge in [-0.25, -0.2) is 0 Å². The van der Waals surface area contributed by atoms with Gasteiger partial charge in [-0.15, -0.1) is 0 Å². The monoisotopic (exact) mass is 382 g/mol. The summed E-state index contributed by atoms with van der Waals surface area (Å²) in [6, 6.07) is -0.0951. The Morgan fingerprint density at radius 1 is 1.33 bits per heavy atom. The Hall–Kier alpha value is -1.93. The highest BCUT2D eigenvalue weighted by Gasteiger charge is 2.34. The van der Waals surface area contributed by atoms with E-state index in [2.05, 4.69) is 5.32 Å². The second-order valence-corrected chi connectivity index (χ2v) is 6.84. The van der Waals surface area contributed by atoms with Crippen LogP contribution >= 0.6 is 0 Å². The van der Waals surface area contributed by atoms with E-state index < -0.39 is 5.92 Å². The molecule has 1 fully saturated rings. The number of rotatable bonds is 7. The van der Waals surface area contributed by atoms with Gasteiger partial charge in [-0.3, -0.25) is 14.4 Å². The van der Waals surface area contributed by atoms with E-state index in [1.165, 1.54) is 0 Å². The smallest absolute Gasteiger partial charge is 0.306 e. The second kappa shape index (κ2) is 11.7. The van der Waals surface area contributed by atoms with Crippen LogP contribution < -0.4 is 5.32 Å². The largest absolute Gasteiger partial charge is 0.463 e. The van der Waals surface area contributed by atoms with Gasteiger partial charge in [0.05, 0.1) is 31.8 Å². The molecule has 2 atom stereocenters. The third-order valence-corrected chi connectivity index (χ3v) is 4.78.